The molecule has 10 heteroatoms. The number of carbonyl (C=O) groups is 4. The van der Waals surface area contributed by atoms with Crippen LogP contribution in [0.5, 0.6) is 5.75 Å². The van der Waals surface area contributed by atoms with Crippen molar-refractivity contribution in [3.05, 3.63) is 102 Å². The highest BCUT2D eigenvalue weighted by molar-refractivity contribution is 5.94. The predicted molar refractivity (Wildman–Crippen MR) is 156 cm³/mol. The van der Waals surface area contributed by atoms with E-state index in [9.17, 15) is 29.4 Å². The van der Waals surface area contributed by atoms with E-state index in [4.69, 9.17) is 5.73 Å². The standard InChI is InChI=1S/C32H36N4O6/c33-25(18-21-8-3-1-4-9-21)29(38)34-26(19-22-10-5-2-6-11-22)31(40)36-17-7-12-28(36)30(39)35-27(32(41)42)20-23-13-15-24(37)16-14-23/h1-6,8-11,13-16,25-28,37H,7,12,17-20,33H2,(H,34,38)(H,35,39)(H,41,42). The molecule has 3 aromatic carbocycles. The lowest BCUT2D eigenvalue weighted by atomic mass is 10.0. The maximum Gasteiger partial charge on any atom is 0.326 e. The number of hydrogen-bond acceptors (Lipinski definition) is 6. The summed E-state index contributed by atoms with van der Waals surface area (Å²) < 4.78 is 0. The second-order valence-electron chi connectivity index (χ2n) is 10.5. The van der Waals surface area contributed by atoms with Gasteiger partial charge in [-0.25, -0.2) is 4.79 Å². The first-order valence-electron chi connectivity index (χ1n) is 14.0. The second kappa shape index (κ2) is 14.3. The van der Waals surface area contributed by atoms with E-state index < -0.39 is 47.9 Å². The molecular weight excluding hydrogens is 536 g/mol. The van der Waals surface area contributed by atoms with Crippen LogP contribution in [0.2, 0.25) is 0 Å². The molecule has 4 atom stereocenters. The minimum atomic E-state index is -1.23. The highest BCUT2D eigenvalue weighted by Gasteiger charge is 2.39. The summed E-state index contributed by atoms with van der Waals surface area (Å²) in [6.45, 7) is 0.295. The molecule has 0 saturated carbocycles. The molecule has 0 radical (unpaired) electrons. The van der Waals surface area contributed by atoms with Gasteiger partial charge in [-0.2, -0.15) is 0 Å². The topological polar surface area (TPSA) is 162 Å². The zero-order valence-electron chi connectivity index (χ0n) is 23.2. The largest absolute Gasteiger partial charge is 0.508 e. The van der Waals surface area contributed by atoms with E-state index in [1.165, 1.54) is 17.0 Å². The van der Waals surface area contributed by atoms with Crippen molar-refractivity contribution in [2.45, 2.75) is 56.3 Å². The number of likely N-dealkylation sites (tertiary alicyclic amines) is 1. The van der Waals surface area contributed by atoms with E-state index in [1.807, 2.05) is 60.7 Å². The summed E-state index contributed by atoms with van der Waals surface area (Å²) in [4.78, 5) is 53.7. The smallest absolute Gasteiger partial charge is 0.326 e. The molecule has 1 fully saturated rings. The van der Waals surface area contributed by atoms with E-state index >= 15 is 0 Å². The number of carboxylic acid groups (broad SMARTS) is 1. The summed E-state index contributed by atoms with van der Waals surface area (Å²) in [5.74, 6) is -2.64. The molecule has 4 unspecified atom stereocenters. The Morgan fingerprint density at radius 2 is 1.33 bits per heavy atom. The Morgan fingerprint density at radius 3 is 1.93 bits per heavy atom. The molecule has 42 heavy (non-hydrogen) atoms. The molecule has 0 aromatic heterocycles. The molecule has 220 valence electrons. The number of aromatic hydroxyl groups is 1. The van der Waals surface area contributed by atoms with Gasteiger partial charge >= 0.3 is 5.97 Å². The second-order valence-corrected chi connectivity index (χ2v) is 10.5. The van der Waals surface area contributed by atoms with Crippen molar-refractivity contribution < 1.29 is 29.4 Å². The third-order valence-electron chi connectivity index (χ3n) is 7.36. The minimum absolute atomic E-state index is 0.00795. The van der Waals surface area contributed by atoms with Gasteiger partial charge in [-0.3, -0.25) is 14.4 Å². The first-order chi connectivity index (χ1) is 20.2. The van der Waals surface area contributed by atoms with E-state index in [2.05, 4.69) is 10.6 Å². The van der Waals surface area contributed by atoms with Crippen molar-refractivity contribution in [1.82, 2.24) is 15.5 Å². The Morgan fingerprint density at radius 1 is 0.786 bits per heavy atom. The van der Waals surface area contributed by atoms with E-state index in [0.717, 1.165) is 11.1 Å². The molecular formula is C32H36N4O6. The van der Waals surface area contributed by atoms with Gasteiger partial charge in [0.2, 0.25) is 17.7 Å². The monoisotopic (exact) mass is 572 g/mol. The normalized spacial score (nSPS) is 16.7. The molecule has 0 aliphatic carbocycles. The molecule has 6 N–H and O–H groups in total. The highest BCUT2D eigenvalue weighted by atomic mass is 16.4. The van der Waals surface area contributed by atoms with Gasteiger partial charge in [0.25, 0.3) is 0 Å². The van der Waals surface area contributed by atoms with Gasteiger partial charge in [-0.15, -0.1) is 0 Å². The molecule has 3 aromatic rings. The number of nitrogens with zero attached hydrogens (tertiary/aromatic N) is 1. The molecule has 1 saturated heterocycles. The van der Waals surface area contributed by atoms with Crippen molar-refractivity contribution in [2.24, 2.45) is 5.73 Å². The summed E-state index contributed by atoms with van der Waals surface area (Å²) in [5, 5.41) is 24.7. The lowest BCUT2D eigenvalue weighted by Crippen LogP contribution is -2.57. The zero-order chi connectivity index (χ0) is 30.1. The Balaban J connectivity index is 1.47. The van der Waals surface area contributed by atoms with Gasteiger partial charge in [-0.05, 0) is 48.1 Å². The Bertz CT molecular complexity index is 1370. The zero-order valence-corrected chi connectivity index (χ0v) is 23.2. The van der Waals surface area contributed by atoms with Crippen LogP contribution in [0.4, 0.5) is 0 Å². The Labute approximate surface area is 244 Å². The number of carbonyl (C=O) groups excluding carboxylic acids is 3. The molecule has 1 aliphatic heterocycles. The first kappa shape index (κ1) is 30.3. The Kier molecular flexibility index (Phi) is 10.3. The maximum atomic E-state index is 13.9. The number of amides is 3. The highest BCUT2D eigenvalue weighted by Crippen LogP contribution is 2.21. The molecule has 10 nitrogen and oxygen atoms in total. The third kappa shape index (κ3) is 8.17. The summed E-state index contributed by atoms with van der Waals surface area (Å²) >= 11 is 0. The van der Waals surface area contributed by atoms with Gasteiger partial charge < -0.3 is 31.5 Å². The minimum Gasteiger partial charge on any atom is -0.508 e. The van der Waals surface area contributed by atoms with Gasteiger partial charge in [0.05, 0.1) is 6.04 Å². The molecule has 1 heterocycles. The van der Waals surface area contributed by atoms with Crippen LogP contribution in [0.25, 0.3) is 0 Å². The van der Waals surface area contributed by atoms with Crippen LogP contribution >= 0.6 is 0 Å². The van der Waals surface area contributed by atoms with E-state index in [-0.39, 0.29) is 18.6 Å². The number of phenolic OH excluding ortho intramolecular Hbond substituents is 1. The SMILES string of the molecule is NC(Cc1ccccc1)C(=O)NC(Cc1ccccc1)C(=O)N1CCCC1C(=O)NC(Cc1ccc(O)cc1)C(=O)O. The predicted octanol–water partition coefficient (Wildman–Crippen LogP) is 1.79. The van der Waals surface area contributed by atoms with Crippen LogP contribution in [0.15, 0.2) is 84.9 Å². The number of nitrogens with two attached hydrogens (primary N) is 1. The van der Waals surface area contributed by atoms with Crippen LogP contribution in [-0.4, -0.2) is 69.5 Å². The maximum absolute atomic E-state index is 13.9. The fourth-order valence-corrected chi connectivity index (χ4v) is 5.13. The van der Waals surface area contributed by atoms with Crippen molar-refractivity contribution >= 4 is 23.7 Å². The van der Waals surface area contributed by atoms with Gasteiger partial charge in [-0.1, -0.05) is 72.8 Å². The number of rotatable bonds is 12. The quantitative estimate of drug-likeness (QED) is 0.221. The summed E-state index contributed by atoms with van der Waals surface area (Å²) in [7, 11) is 0. The van der Waals surface area contributed by atoms with Crippen LogP contribution in [-0.2, 0) is 38.4 Å². The number of phenols is 1. The number of benzene rings is 3. The van der Waals surface area contributed by atoms with Crippen LogP contribution in [0.3, 0.4) is 0 Å². The number of carboxylic acids is 1. The molecule has 0 bridgehead atoms. The van der Waals surface area contributed by atoms with Crippen molar-refractivity contribution in [2.75, 3.05) is 6.54 Å². The fraction of sp³-hybridized carbons (Fsp3) is 0.312. The molecule has 0 spiro atoms. The number of nitrogens with one attached hydrogen (secondary N) is 2. The van der Waals surface area contributed by atoms with E-state index in [1.54, 1.807) is 12.1 Å². The summed E-state index contributed by atoms with van der Waals surface area (Å²) in [6, 6.07) is 20.7. The number of aliphatic carboxylic acids is 1. The lowest BCUT2D eigenvalue weighted by molar-refractivity contribution is -0.144. The molecule has 1 aliphatic rings. The van der Waals surface area contributed by atoms with Crippen molar-refractivity contribution in [3.8, 4) is 5.75 Å². The van der Waals surface area contributed by atoms with Gasteiger partial charge in [0.15, 0.2) is 0 Å². The average molecular weight is 573 g/mol. The molecule has 4 rings (SSSR count). The van der Waals surface area contributed by atoms with Crippen LogP contribution < -0.4 is 16.4 Å². The van der Waals surface area contributed by atoms with Crippen LogP contribution in [0.1, 0.15) is 29.5 Å². The fourth-order valence-electron chi connectivity index (χ4n) is 5.13. The lowest BCUT2D eigenvalue weighted by Gasteiger charge is -2.30. The Hall–Kier alpha value is -4.70. The van der Waals surface area contributed by atoms with E-state index in [0.29, 0.717) is 31.4 Å². The third-order valence-corrected chi connectivity index (χ3v) is 7.36. The average Bonchev–Trinajstić information content (AvgIpc) is 3.48. The van der Waals surface area contributed by atoms with Gasteiger partial charge in [0.1, 0.15) is 23.9 Å². The van der Waals surface area contributed by atoms with Crippen molar-refractivity contribution in [1.29, 1.82) is 0 Å². The van der Waals surface area contributed by atoms with Crippen molar-refractivity contribution in [3.63, 3.8) is 0 Å². The number of hydrogen-bond donors (Lipinski definition) is 5. The summed E-state index contributed by atoms with van der Waals surface area (Å²) in [5.41, 5.74) is 8.54. The first-order valence-corrected chi connectivity index (χ1v) is 14.0. The summed E-state index contributed by atoms with van der Waals surface area (Å²) in [6.07, 6.45) is 1.42. The molecule has 3 amide bonds. The van der Waals surface area contributed by atoms with Crippen LogP contribution in [0, 0.1) is 0 Å². The van der Waals surface area contributed by atoms with Gasteiger partial charge in [0, 0.05) is 19.4 Å².